The fourth-order valence-electron chi connectivity index (χ4n) is 0.156. The van der Waals surface area contributed by atoms with E-state index in [9.17, 15) is 18.0 Å². The minimum absolute atomic E-state index is 0. The number of alkyl halides is 3. The summed E-state index contributed by atoms with van der Waals surface area (Å²) in [6.07, 6.45) is -4.46. The zero-order chi connectivity index (χ0) is 7.49. The second-order valence-electron chi connectivity index (χ2n) is 1.07. The first-order chi connectivity index (χ1) is 3.95. The molecule has 0 aromatic heterocycles. The average Bonchev–Trinajstić information content (AvgIpc) is 1.62. The van der Waals surface area contributed by atoms with E-state index in [2.05, 4.69) is 11.3 Å². The van der Waals surface area contributed by atoms with Crippen LogP contribution in [0, 0.1) is 0 Å². The van der Waals surface area contributed by atoms with E-state index in [-0.39, 0.29) is 29.6 Å². The molecular weight excluding hydrogens is 160 g/mol. The summed E-state index contributed by atoms with van der Waals surface area (Å²) < 4.78 is 35.8. The van der Waals surface area contributed by atoms with Gasteiger partial charge in [0.1, 0.15) is 0 Å². The molecular formula is C4H3F3NaO2. The molecule has 0 saturated carbocycles. The third-order valence-corrected chi connectivity index (χ3v) is 0.383. The van der Waals surface area contributed by atoms with Crippen LogP contribution in [0.2, 0.25) is 0 Å². The Morgan fingerprint density at radius 3 is 2.00 bits per heavy atom. The Bertz CT molecular complexity index is 131. The Hall–Kier alpha value is -0.000000000000000222. The monoisotopic (exact) mass is 163 g/mol. The van der Waals surface area contributed by atoms with E-state index in [1.54, 1.807) is 0 Å². The predicted molar refractivity (Wildman–Crippen MR) is 28.1 cm³/mol. The van der Waals surface area contributed by atoms with E-state index in [0.29, 0.717) is 6.08 Å². The van der Waals surface area contributed by atoms with Gasteiger partial charge in [0.15, 0.2) is 0 Å². The SMILES string of the molecule is C=CC(=O)OC(F)(F)F.[Na]. The van der Waals surface area contributed by atoms with Gasteiger partial charge in [-0.05, 0) is 0 Å². The van der Waals surface area contributed by atoms with Crippen LogP contribution in [0.1, 0.15) is 0 Å². The Balaban J connectivity index is 0. The third kappa shape index (κ3) is 8.00. The second kappa shape index (κ2) is 4.76. The summed E-state index contributed by atoms with van der Waals surface area (Å²) in [5, 5.41) is 0. The first kappa shape index (κ1) is 12.7. The van der Waals surface area contributed by atoms with E-state index >= 15 is 0 Å². The number of esters is 1. The van der Waals surface area contributed by atoms with Gasteiger partial charge in [-0.15, -0.1) is 13.2 Å². The molecule has 0 saturated heterocycles. The van der Waals surface area contributed by atoms with Gasteiger partial charge in [-0.25, -0.2) is 4.79 Å². The van der Waals surface area contributed by atoms with Crippen LogP contribution in [0.3, 0.4) is 0 Å². The third-order valence-electron chi connectivity index (χ3n) is 0.383. The minimum atomic E-state index is -4.90. The van der Waals surface area contributed by atoms with Crippen LogP contribution in [0.25, 0.3) is 0 Å². The maximum atomic E-state index is 11.0. The zero-order valence-electron chi connectivity index (χ0n) is 5.23. The van der Waals surface area contributed by atoms with Gasteiger partial charge in [0.25, 0.3) is 0 Å². The first-order valence-electron chi connectivity index (χ1n) is 1.88. The largest absolute Gasteiger partial charge is 0.575 e. The van der Waals surface area contributed by atoms with Crippen molar-refractivity contribution < 1.29 is 22.7 Å². The molecule has 0 aromatic rings. The predicted octanol–water partition coefficient (Wildman–Crippen LogP) is 0.855. The minimum Gasteiger partial charge on any atom is -0.370 e. The molecule has 0 atom stereocenters. The van der Waals surface area contributed by atoms with Gasteiger partial charge in [0, 0.05) is 35.6 Å². The van der Waals surface area contributed by atoms with E-state index in [0.717, 1.165) is 0 Å². The van der Waals surface area contributed by atoms with Gasteiger partial charge in [-0.1, -0.05) is 6.58 Å². The fraction of sp³-hybridized carbons (Fsp3) is 0.250. The number of hydrogen-bond donors (Lipinski definition) is 0. The quantitative estimate of drug-likeness (QED) is 0.325. The van der Waals surface area contributed by atoms with Crippen molar-refractivity contribution >= 4 is 35.5 Å². The molecule has 0 unspecified atom stereocenters. The number of carbonyl (C=O) groups is 1. The van der Waals surface area contributed by atoms with Gasteiger partial charge in [-0.2, -0.15) is 0 Å². The van der Waals surface area contributed by atoms with Crippen molar-refractivity contribution in [3.8, 4) is 0 Å². The summed E-state index contributed by atoms with van der Waals surface area (Å²) in [5.41, 5.74) is 0. The van der Waals surface area contributed by atoms with Crippen LogP contribution >= 0.6 is 0 Å². The van der Waals surface area contributed by atoms with Crippen LogP contribution in [0.5, 0.6) is 0 Å². The van der Waals surface area contributed by atoms with Crippen molar-refractivity contribution in [3.05, 3.63) is 12.7 Å². The van der Waals surface area contributed by atoms with Crippen molar-refractivity contribution in [3.63, 3.8) is 0 Å². The van der Waals surface area contributed by atoms with Crippen molar-refractivity contribution in [2.45, 2.75) is 6.36 Å². The molecule has 6 heteroatoms. The molecule has 0 fully saturated rings. The molecule has 0 bridgehead atoms. The van der Waals surface area contributed by atoms with Crippen molar-refractivity contribution in [2.24, 2.45) is 0 Å². The van der Waals surface area contributed by atoms with Gasteiger partial charge in [0.05, 0.1) is 0 Å². The molecule has 0 aliphatic rings. The summed E-state index contributed by atoms with van der Waals surface area (Å²) >= 11 is 0. The van der Waals surface area contributed by atoms with E-state index < -0.39 is 12.3 Å². The number of carbonyl (C=O) groups excluding carboxylic acids is 1. The molecule has 1 radical (unpaired) electrons. The van der Waals surface area contributed by atoms with Crippen LogP contribution < -0.4 is 0 Å². The van der Waals surface area contributed by atoms with Crippen molar-refractivity contribution in [1.82, 2.24) is 0 Å². The zero-order valence-corrected chi connectivity index (χ0v) is 7.23. The van der Waals surface area contributed by atoms with Gasteiger partial charge in [0.2, 0.25) is 0 Å². The maximum absolute atomic E-state index is 11.0. The molecule has 0 spiro atoms. The Labute approximate surface area is 77.3 Å². The van der Waals surface area contributed by atoms with Crippen molar-refractivity contribution in [1.29, 1.82) is 0 Å². The summed E-state index contributed by atoms with van der Waals surface area (Å²) in [6.45, 7) is 2.77. The molecule has 0 amide bonds. The summed E-state index contributed by atoms with van der Waals surface area (Å²) in [4.78, 5) is 9.77. The smallest absolute Gasteiger partial charge is 0.370 e. The summed E-state index contributed by atoms with van der Waals surface area (Å²) in [5.74, 6) is -1.50. The van der Waals surface area contributed by atoms with E-state index in [1.165, 1.54) is 0 Å². The Morgan fingerprint density at radius 2 is 1.90 bits per heavy atom. The maximum Gasteiger partial charge on any atom is 0.575 e. The molecule has 0 aliphatic carbocycles. The molecule has 0 aromatic carbocycles. The molecule has 0 aliphatic heterocycles. The molecule has 0 N–H and O–H groups in total. The van der Waals surface area contributed by atoms with Gasteiger partial charge < -0.3 is 4.74 Å². The topological polar surface area (TPSA) is 26.3 Å². The second-order valence-corrected chi connectivity index (χ2v) is 1.07. The van der Waals surface area contributed by atoms with Crippen LogP contribution in [-0.4, -0.2) is 41.9 Å². The van der Waals surface area contributed by atoms with Crippen LogP contribution in [0.4, 0.5) is 13.2 Å². The number of hydrogen-bond acceptors (Lipinski definition) is 2. The molecule has 53 valence electrons. The van der Waals surface area contributed by atoms with E-state index in [1.807, 2.05) is 0 Å². The fourth-order valence-corrected chi connectivity index (χ4v) is 0.156. The van der Waals surface area contributed by atoms with Crippen LogP contribution in [-0.2, 0) is 9.53 Å². The molecule has 0 heterocycles. The number of ether oxygens (including phenoxy) is 1. The molecule has 10 heavy (non-hydrogen) atoms. The standard InChI is InChI=1S/C4H3F3O2.Na/c1-2-3(8)9-4(5,6)7;/h2H,1H2;. The molecule has 0 rings (SSSR count). The molecule has 2 nitrogen and oxygen atoms in total. The van der Waals surface area contributed by atoms with Crippen LogP contribution in [0.15, 0.2) is 12.7 Å². The van der Waals surface area contributed by atoms with Gasteiger partial charge >= 0.3 is 12.3 Å². The summed E-state index contributed by atoms with van der Waals surface area (Å²) in [7, 11) is 0. The Morgan fingerprint density at radius 1 is 1.50 bits per heavy atom. The number of halogens is 3. The van der Waals surface area contributed by atoms with E-state index in [4.69, 9.17) is 0 Å². The normalized spacial score (nSPS) is 9.50. The average molecular weight is 163 g/mol. The number of rotatable bonds is 1. The van der Waals surface area contributed by atoms with Gasteiger partial charge in [-0.3, -0.25) is 0 Å². The Kier molecular flexibility index (Phi) is 6.02. The summed E-state index contributed by atoms with van der Waals surface area (Å²) in [6, 6.07) is 0. The van der Waals surface area contributed by atoms with Crippen molar-refractivity contribution in [2.75, 3.05) is 0 Å². The first-order valence-corrected chi connectivity index (χ1v) is 1.88.